The van der Waals surface area contributed by atoms with E-state index in [4.69, 9.17) is 0 Å². The van der Waals surface area contributed by atoms with E-state index < -0.39 is 10.0 Å². The lowest BCUT2D eigenvalue weighted by Crippen LogP contribution is -2.32. The van der Waals surface area contributed by atoms with Gasteiger partial charge in [-0.15, -0.1) is 0 Å². The van der Waals surface area contributed by atoms with Crippen LogP contribution >= 0.6 is 0 Å². The Morgan fingerprint density at radius 2 is 1.62 bits per heavy atom. The Bertz CT molecular complexity index is 1160. The molecule has 1 amide bonds. The van der Waals surface area contributed by atoms with Gasteiger partial charge in [-0.2, -0.15) is 0 Å². The third-order valence-corrected chi connectivity index (χ3v) is 6.59. The third-order valence-electron chi connectivity index (χ3n) is 5.41. The number of rotatable bonds is 9. The second-order valence-corrected chi connectivity index (χ2v) is 9.84. The molecule has 0 fully saturated rings. The van der Waals surface area contributed by atoms with E-state index in [0.717, 1.165) is 28.8 Å². The normalized spacial score (nSPS) is 11.2. The van der Waals surface area contributed by atoms with Gasteiger partial charge in [-0.05, 0) is 79.3 Å². The van der Waals surface area contributed by atoms with Crippen LogP contribution in [0.25, 0.3) is 0 Å². The maximum atomic E-state index is 12.4. The zero-order chi connectivity index (χ0) is 23.1. The lowest BCUT2D eigenvalue weighted by atomic mass is 10.1. The van der Waals surface area contributed by atoms with Crippen molar-refractivity contribution in [3.63, 3.8) is 0 Å². The number of hydrogen-bond donors (Lipinski definition) is 1. The zero-order valence-electron chi connectivity index (χ0n) is 18.7. The van der Waals surface area contributed by atoms with E-state index in [-0.39, 0.29) is 18.9 Å². The first kappa shape index (κ1) is 23.5. The van der Waals surface area contributed by atoms with Crippen LogP contribution < -0.4 is 9.62 Å². The molecule has 1 aromatic heterocycles. The summed E-state index contributed by atoms with van der Waals surface area (Å²) in [6.07, 6.45) is 6.20. The Labute approximate surface area is 190 Å². The molecule has 0 saturated heterocycles. The van der Waals surface area contributed by atoms with Gasteiger partial charge in [0.05, 0.1) is 11.9 Å². The monoisotopic (exact) mass is 451 g/mol. The van der Waals surface area contributed by atoms with Gasteiger partial charge in [0.2, 0.25) is 15.9 Å². The van der Waals surface area contributed by atoms with Crippen molar-refractivity contribution in [2.45, 2.75) is 33.1 Å². The van der Waals surface area contributed by atoms with Crippen molar-refractivity contribution in [1.82, 2.24) is 4.98 Å². The van der Waals surface area contributed by atoms with Crippen LogP contribution in [0.15, 0.2) is 67.0 Å². The van der Waals surface area contributed by atoms with Crippen LogP contribution in [0.5, 0.6) is 0 Å². The van der Waals surface area contributed by atoms with Crippen LogP contribution in [0.2, 0.25) is 0 Å². The number of carbonyl (C=O) groups is 1. The molecule has 0 bridgehead atoms. The van der Waals surface area contributed by atoms with Gasteiger partial charge < -0.3 is 5.32 Å². The van der Waals surface area contributed by atoms with E-state index in [9.17, 15) is 13.2 Å². The zero-order valence-corrected chi connectivity index (χ0v) is 19.5. The molecule has 0 unspecified atom stereocenters. The molecule has 0 radical (unpaired) electrons. The first-order chi connectivity index (χ1) is 15.2. The molecule has 0 aliphatic carbocycles. The number of benzene rings is 2. The maximum absolute atomic E-state index is 12.4. The van der Waals surface area contributed by atoms with E-state index in [2.05, 4.69) is 10.3 Å². The Hall–Kier alpha value is -3.19. The van der Waals surface area contributed by atoms with Crippen LogP contribution in [0.3, 0.4) is 0 Å². The summed E-state index contributed by atoms with van der Waals surface area (Å²) in [5.41, 5.74) is 5.67. The maximum Gasteiger partial charge on any atom is 0.232 e. The summed E-state index contributed by atoms with van der Waals surface area (Å²) in [7, 11) is -3.45. The summed E-state index contributed by atoms with van der Waals surface area (Å²) >= 11 is 0. The highest BCUT2D eigenvalue weighted by Gasteiger charge is 2.19. The minimum atomic E-state index is -3.45. The quantitative estimate of drug-likeness (QED) is 0.520. The first-order valence-electron chi connectivity index (χ1n) is 10.6. The number of sulfonamides is 1. The molecule has 168 valence electrons. The van der Waals surface area contributed by atoms with Crippen molar-refractivity contribution in [1.29, 1.82) is 0 Å². The molecule has 0 atom stereocenters. The van der Waals surface area contributed by atoms with Crippen molar-refractivity contribution in [3.05, 3.63) is 89.2 Å². The van der Waals surface area contributed by atoms with E-state index in [1.807, 2.05) is 62.4 Å². The van der Waals surface area contributed by atoms with Crippen LogP contribution in [-0.4, -0.2) is 32.1 Å². The molecule has 1 heterocycles. The molecular weight excluding hydrogens is 422 g/mol. The molecule has 0 spiro atoms. The molecule has 7 heteroatoms. The predicted molar refractivity (Wildman–Crippen MR) is 129 cm³/mol. The van der Waals surface area contributed by atoms with Crippen molar-refractivity contribution in [2.75, 3.05) is 22.4 Å². The number of carbonyl (C=O) groups excluding carboxylic acids is 1. The van der Waals surface area contributed by atoms with Crippen LogP contribution in [0, 0.1) is 13.8 Å². The van der Waals surface area contributed by atoms with Gasteiger partial charge in [0.25, 0.3) is 0 Å². The first-order valence-corrected chi connectivity index (χ1v) is 12.4. The molecular formula is C25H29N3O3S. The van der Waals surface area contributed by atoms with E-state index >= 15 is 0 Å². The Kier molecular flexibility index (Phi) is 7.64. The molecule has 6 nitrogen and oxygen atoms in total. The summed E-state index contributed by atoms with van der Waals surface area (Å²) in [5.74, 6) is -0.138. The largest absolute Gasteiger partial charge is 0.326 e. The fraction of sp³-hybridized carbons (Fsp3) is 0.280. The highest BCUT2D eigenvalue weighted by atomic mass is 32.2. The summed E-state index contributed by atoms with van der Waals surface area (Å²) in [6.45, 7) is 4.12. The molecule has 0 aliphatic heterocycles. The molecule has 32 heavy (non-hydrogen) atoms. The molecule has 3 aromatic rings. The van der Waals surface area contributed by atoms with Crippen LogP contribution in [-0.2, 0) is 21.2 Å². The Morgan fingerprint density at radius 3 is 2.28 bits per heavy atom. The summed E-state index contributed by atoms with van der Waals surface area (Å²) in [5, 5.41) is 2.89. The van der Waals surface area contributed by atoms with Crippen LogP contribution in [0.4, 0.5) is 11.4 Å². The fourth-order valence-corrected chi connectivity index (χ4v) is 4.54. The minimum Gasteiger partial charge on any atom is -0.326 e. The second kappa shape index (κ2) is 10.4. The van der Waals surface area contributed by atoms with E-state index in [0.29, 0.717) is 12.1 Å². The van der Waals surface area contributed by atoms with E-state index in [1.54, 1.807) is 18.5 Å². The smallest absolute Gasteiger partial charge is 0.232 e. The van der Waals surface area contributed by atoms with Gasteiger partial charge >= 0.3 is 0 Å². The topological polar surface area (TPSA) is 79.4 Å². The van der Waals surface area contributed by atoms with Gasteiger partial charge in [-0.25, -0.2) is 8.42 Å². The van der Waals surface area contributed by atoms with Gasteiger partial charge in [-0.3, -0.25) is 14.1 Å². The number of amides is 1. The van der Waals surface area contributed by atoms with Crippen molar-refractivity contribution in [3.8, 4) is 0 Å². The highest BCUT2D eigenvalue weighted by molar-refractivity contribution is 7.92. The fourth-order valence-electron chi connectivity index (χ4n) is 3.52. The summed E-state index contributed by atoms with van der Waals surface area (Å²) < 4.78 is 26.1. The van der Waals surface area contributed by atoms with Gasteiger partial charge in [-0.1, -0.05) is 24.3 Å². The molecule has 0 aliphatic rings. The summed E-state index contributed by atoms with van der Waals surface area (Å²) in [6, 6.07) is 17.3. The van der Waals surface area contributed by atoms with Crippen molar-refractivity contribution >= 4 is 27.3 Å². The van der Waals surface area contributed by atoms with Crippen LogP contribution in [0.1, 0.15) is 35.1 Å². The number of pyridine rings is 1. The predicted octanol–water partition coefficient (Wildman–Crippen LogP) is 4.47. The van der Waals surface area contributed by atoms with Gasteiger partial charge in [0.1, 0.15) is 0 Å². The molecule has 1 N–H and O–H groups in total. The number of anilines is 2. The number of nitrogens with one attached hydrogen (secondary N) is 1. The number of hydrogen-bond acceptors (Lipinski definition) is 4. The lowest BCUT2D eigenvalue weighted by molar-refractivity contribution is -0.116. The standard InChI is InChI=1S/C25H29N3O3S/c1-19-6-4-7-24(20(19)2)28(32(3,30)31)17-5-8-25(29)27-23-11-9-21(10-12-23)18-22-13-15-26-16-14-22/h4,6-7,9-16H,5,8,17-18H2,1-3H3,(H,27,29). The Balaban J connectivity index is 1.55. The Morgan fingerprint density at radius 1 is 0.969 bits per heavy atom. The highest BCUT2D eigenvalue weighted by Crippen LogP contribution is 2.25. The minimum absolute atomic E-state index is 0.138. The van der Waals surface area contributed by atoms with Crippen molar-refractivity contribution in [2.24, 2.45) is 0 Å². The average Bonchev–Trinajstić information content (AvgIpc) is 2.75. The SMILES string of the molecule is Cc1cccc(N(CCCC(=O)Nc2ccc(Cc3ccncc3)cc2)S(C)(=O)=O)c1C. The number of aryl methyl sites for hydroxylation is 1. The molecule has 3 rings (SSSR count). The van der Waals surface area contributed by atoms with Gasteiger partial charge in [0, 0.05) is 31.0 Å². The summed E-state index contributed by atoms with van der Waals surface area (Å²) in [4.78, 5) is 16.4. The third kappa shape index (κ3) is 6.40. The number of nitrogens with zero attached hydrogens (tertiary/aromatic N) is 2. The van der Waals surface area contributed by atoms with E-state index in [1.165, 1.54) is 16.1 Å². The van der Waals surface area contributed by atoms with Gasteiger partial charge in [0.15, 0.2) is 0 Å². The number of aromatic nitrogens is 1. The average molecular weight is 452 g/mol. The molecule has 0 saturated carbocycles. The lowest BCUT2D eigenvalue weighted by Gasteiger charge is -2.24. The second-order valence-electron chi connectivity index (χ2n) is 7.94. The van der Waals surface area contributed by atoms with Crippen molar-refractivity contribution < 1.29 is 13.2 Å². The molecule has 2 aromatic carbocycles.